The molecule has 5 rings (SSSR count). The Morgan fingerprint density at radius 3 is 1.98 bits per heavy atom. The van der Waals surface area contributed by atoms with Gasteiger partial charge in [-0.05, 0) is 47.5 Å². The predicted molar refractivity (Wildman–Crippen MR) is 150 cm³/mol. The third-order valence-electron chi connectivity index (χ3n) is 6.07. The lowest BCUT2D eigenvalue weighted by Gasteiger charge is -2.26. The fourth-order valence-corrected chi connectivity index (χ4v) is 4.19. The number of benzene rings is 4. The predicted octanol–water partition coefficient (Wildman–Crippen LogP) is 4.70. The highest BCUT2D eigenvalue weighted by atomic mass is 19.1. The van der Waals surface area contributed by atoms with E-state index in [2.05, 4.69) is 10.3 Å². The van der Waals surface area contributed by atoms with Gasteiger partial charge in [0.15, 0.2) is 0 Å². The average molecular weight is 537 g/mol. The average Bonchev–Trinajstić information content (AvgIpc) is 2.98. The van der Waals surface area contributed by atoms with Crippen molar-refractivity contribution in [3.63, 3.8) is 0 Å². The van der Waals surface area contributed by atoms with Gasteiger partial charge in [0.05, 0.1) is 0 Å². The van der Waals surface area contributed by atoms with Crippen LogP contribution in [0.2, 0.25) is 0 Å². The molecule has 4 aromatic carbocycles. The van der Waals surface area contributed by atoms with Crippen LogP contribution in [0.25, 0.3) is 0 Å². The molecular formula is C31H25FN4O4. The van der Waals surface area contributed by atoms with Gasteiger partial charge in [-0.3, -0.25) is 19.5 Å². The van der Waals surface area contributed by atoms with Gasteiger partial charge in [-0.15, -0.1) is 0 Å². The Hall–Kier alpha value is -5.44. The molecule has 9 heteroatoms. The quantitative estimate of drug-likeness (QED) is 0.285. The van der Waals surface area contributed by atoms with Crippen LogP contribution in [0.1, 0.15) is 21.5 Å². The smallest absolute Gasteiger partial charge is 0.363 e. The highest BCUT2D eigenvalue weighted by molar-refractivity contribution is 6.00. The molecule has 0 saturated heterocycles. The number of para-hydroxylation sites is 2. The molecule has 2 N–H and O–H groups in total. The standard InChI is InChI=1S/C31H25FN4O4/c32-24-14-10-13-23(19-24)20-33-29(37)27-28(35(25-15-6-2-7-16-25)26-17-8-3-9-18-26)34-31(39)36(30(27)38)40-21-22-11-4-1-5-12-22/h1-19H,20-21H2,(H,33,37)(H,34,39). The van der Waals surface area contributed by atoms with Crippen molar-refractivity contribution in [2.75, 3.05) is 4.90 Å². The molecular weight excluding hydrogens is 511 g/mol. The van der Waals surface area contributed by atoms with Gasteiger partial charge in [0.2, 0.25) is 0 Å². The summed E-state index contributed by atoms with van der Waals surface area (Å²) in [6, 6.07) is 32.8. The summed E-state index contributed by atoms with van der Waals surface area (Å²) >= 11 is 0. The zero-order valence-corrected chi connectivity index (χ0v) is 21.3. The van der Waals surface area contributed by atoms with Crippen LogP contribution in [0.15, 0.2) is 125 Å². The number of nitrogens with zero attached hydrogens (tertiary/aromatic N) is 2. The molecule has 8 nitrogen and oxygen atoms in total. The highest BCUT2D eigenvalue weighted by Crippen LogP contribution is 2.33. The molecule has 200 valence electrons. The number of amides is 1. The van der Waals surface area contributed by atoms with Crippen molar-refractivity contribution in [3.05, 3.63) is 159 Å². The third kappa shape index (κ3) is 5.83. The molecule has 0 spiro atoms. The molecule has 0 aliphatic rings. The minimum absolute atomic E-state index is 0.0382. The van der Waals surface area contributed by atoms with Crippen LogP contribution in [0.5, 0.6) is 0 Å². The summed E-state index contributed by atoms with van der Waals surface area (Å²) in [4.78, 5) is 50.5. The van der Waals surface area contributed by atoms with E-state index in [0.29, 0.717) is 21.7 Å². The molecule has 0 unspecified atom stereocenters. The van der Waals surface area contributed by atoms with Crippen molar-refractivity contribution in [2.24, 2.45) is 0 Å². The Morgan fingerprint density at radius 2 is 1.38 bits per heavy atom. The van der Waals surface area contributed by atoms with Crippen molar-refractivity contribution >= 4 is 23.1 Å². The van der Waals surface area contributed by atoms with E-state index in [1.165, 1.54) is 18.2 Å². The van der Waals surface area contributed by atoms with Crippen LogP contribution in [0.4, 0.5) is 21.6 Å². The van der Waals surface area contributed by atoms with Crippen LogP contribution in [-0.2, 0) is 13.2 Å². The molecule has 0 aliphatic heterocycles. The Morgan fingerprint density at radius 1 is 0.800 bits per heavy atom. The molecule has 0 saturated carbocycles. The van der Waals surface area contributed by atoms with Crippen molar-refractivity contribution in [1.29, 1.82) is 0 Å². The van der Waals surface area contributed by atoms with Gasteiger partial charge in [0, 0.05) is 17.9 Å². The van der Waals surface area contributed by atoms with Gasteiger partial charge in [0.25, 0.3) is 5.91 Å². The summed E-state index contributed by atoms with van der Waals surface area (Å²) < 4.78 is 14.3. The van der Waals surface area contributed by atoms with E-state index >= 15 is 0 Å². The van der Waals surface area contributed by atoms with Gasteiger partial charge >= 0.3 is 11.2 Å². The Labute approximate surface area is 228 Å². The molecule has 1 amide bonds. The summed E-state index contributed by atoms with van der Waals surface area (Å²) in [6.07, 6.45) is 0. The highest BCUT2D eigenvalue weighted by Gasteiger charge is 2.27. The summed E-state index contributed by atoms with van der Waals surface area (Å²) in [5.74, 6) is -1.26. The van der Waals surface area contributed by atoms with Crippen LogP contribution < -0.4 is 26.3 Å². The maximum Gasteiger partial charge on any atom is 0.363 e. The number of H-pyrrole nitrogens is 1. The lowest BCUT2D eigenvalue weighted by atomic mass is 10.1. The fourth-order valence-electron chi connectivity index (χ4n) is 4.19. The van der Waals surface area contributed by atoms with E-state index in [4.69, 9.17) is 4.84 Å². The normalized spacial score (nSPS) is 10.6. The van der Waals surface area contributed by atoms with Crippen LogP contribution in [-0.4, -0.2) is 15.6 Å². The molecule has 5 aromatic rings. The fraction of sp³-hybridized carbons (Fsp3) is 0.0645. The molecule has 0 aliphatic carbocycles. The Bertz CT molecular complexity index is 1680. The largest absolute Gasteiger partial charge is 0.401 e. The number of halogens is 1. The number of nitrogens with one attached hydrogen (secondary N) is 2. The first-order valence-electron chi connectivity index (χ1n) is 12.5. The first kappa shape index (κ1) is 26.2. The maximum atomic E-state index is 13.8. The van der Waals surface area contributed by atoms with E-state index in [9.17, 15) is 18.8 Å². The summed E-state index contributed by atoms with van der Waals surface area (Å²) in [5, 5.41) is 2.68. The SMILES string of the molecule is O=C(NCc1cccc(F)c1)c1c(N(c2ccccc2)c2ccccc2)[nH]c(=O)n(OCc2ccccc2)c1=O. The van der Waals surface area contributed by atoms with Gasteiger partial charge in [-0.2, -0.15) is 0 Å². The maximum absolute atomic E-state index is 13.8. The third-order valence-corrected chi connectivity index (χ3v) is 6.07. The number of carbonyl (C=O) groups is 1. The number of aromatic amines is 1. The van der Waals surface area contributed by atoms with Crippen molar-refractivity contribution in [3.8, 4) is 0 Å². The zero-order valence-electron chi connectivity index (χ0n) is 21.3. The lowest BCUT2D eigenvalue weighted by Crippen LogP contribution is -2.45. The van der Waals surface area contributed by atoms with E-state index in [0.717, 1.165) is 5.56 Å². The van der Waals surface area contributed by atoms with Crippen molar-refractivity contribution in [1.82, 2.24) is 15.0 Å². The van der Waals surface area contributed by atoms with E-state index in [1.54, 1.807) is 83.8 Å². The van der Waals surface area contributed by atoms with Crippen LogP contribution in [0.3, 0.4) is 0 Å². The second-order valence-corrected chi connectivity index (χ2v) is 8.83. The minimum atomic E-state index is -0.941. The second-order valence-electron chi connectivity index (χ2n) is 8.83. The molecule has 0 radical (unpaired) electrons. The molecule has 40 heavy (non-hydrogen) atoms. The number of hydrogen-bond acceptors (Lipinski definition) is 5. The number of aromatic nitrogens is 2. The Balaban J connectivity index is 1.62. The molecule has 0 fully saturated rings. The van der Waals surface area contributed by atoms with Crippen LogP contribution >= 0.6 is 0 Å². The Kier molecular flexibility index (Phi) is 7.82. The number of rotatable bonds is 9. The number of anilines is 3. The lowest BCUT2D eigenvalue weighted by molar-refractivity contribution is 0.0763. The molecule has 0 bridgehead atoms. The second kappa shape index (κ2) is 12.0. The first-order valence-corrected chi connectivity index (χ1v) is 12.5. The van der Waals surface area contributed by atoms with E-state index in [1.807, 2.05) is 18.2 Å². The van der Waals surface area contributed by atoms with Crippen molar-refractivity contribution in [2.45, 2.75) is 13.2 Å². The summed E-state index contributed by atoms with van der Waals surface area (Å²) in [7, 11) is 0. The molecule has 0 atom stereocenters. The topological polar surface area (TPSA) is 96.4 Å². The molecule has 1 aromatic heterocycles. The van der Waals surface area contributed by atoms with Gasteiger partial charge in [-0.1, -0.05) is 83.6 Å². The van der Waals surface area contributed by atoms with E-state index < -0.39 is 23.0 Å². The number of hydrogen-bond donors (Lipinski definition) is 2. The zero-order chi connectivity index (χ0) is 27.9. The van der Waals surface area contributed by atoms with Gasteiger partial charge in [-0.25, -0.2) is 9.18 Å². The van der Waals surface area contributed by atoms with Crippen molar-refractivity contribution < 1.29 is 14.0 Å². The van der Waals surface area contributed by atoms with E-state index in [-0.39, 0.29) is 24.5 Å². The van der Waals surface area contributed by atoms with Crippen LogP contribution in [0, 0.1) is 5.82 Å². The minimum Gasteiger partial charge on any atom is -0.401 e. The first-order chi connectivity index (χ1) is 19.5. The summed E-state index contributed by atoms with van der Waals surface area (Å²) in [5.41, 5.74) is 0.291. The van der Waals surface area contributed by atoms with Gasteiger partial charge < -0.3 is 10.2 Å². The van der Waals surface area contributed by atoms with Gasteiger partial charge in [0.1, 0.15) is 23.8 Å². The summed E-state index contributed by atoms with van der Waals surface area (Å²) in [6.45, 7) is -0.120. The monoisotopic (exact) mass is 536 g/mol. The number of carbonyl (C=O) groups excluding carboxylic acids is 1. The molecule has 1 heterocycles.